The summed E-state index contributed by atoms with van der Waals surface area (Å²) in [6, 6.07) is 8.64. The number of morpholine rings is 1. The lowest BCUT2D eigenvalue weighted by molar-refractivity contribution is 0.0377. The van der Waals surface area contributed by atoms with Crippen LogP contribution in [0.2, 0.25) is 0 Å². The molecule has 0 unspecified atom stereocenters. The molecule has 4 rings (SSSR count). The normalized spacial score (nSPS) is 17.4. The van der Waals surface area contributed by atoms with Crippen LogP contribution in [0.3, 0.4) is 0 Å². The van der Waals surface area contributed by atoms with Gasteiger partial charge in [-0.25, -0.2) is 0 Å². The number of nitrogens with one attached hydrogen (secondary N) is 1. The second kappa shape index (κ2) is 10.5. The van der Waals surface area contributed by atoms with Gasteiger partial charge in [0.1, 0.15) is 12.2 Å². The number of nitrogens with zero attached hydrogens (tertiary/aromatic N) is 6. The molecule has 0 atom stereocenters. The van der Waals surface area contributed by atoms with Gasteiger partial charge in [-0.1, -0.05) is 25.1 Å². The molecule has 2 aliphatic rings. The minimum atomic E-state index is 0.798. The van der Waals surface area contributed by atoms with E-state index in [-0.39, 0.29) is 0 Å². The molecule has 0 aliphatic carbocycles. The van der Waals surface area contributed by atoms with Crippen molar-refractivity contribution in [3.63, 3.8) is 0 Å². The first-order valence-corrected chi connectivity index (χ1v) is 11.2. The van der Waals surface area contributed by atoms with Gasteiger partial charge in [-0.05, 0) is 24.5 Å². The Hall–Kier alpha value is -2.45. The first-order valence-electron chi connectivity index (χ1n) is 11.2. The first kappa shape index (κ1) is 20.8. The minimum absolute atomic E-state index is 0.798. The Bertz CT molecular complexity index is 828. The van der Waals surface area contributed by atoms with Gasteiger partial charge >= 0.3 is 0 Å². The number of aliphatic imine (C=N–C) groups is 1. The molecule has 1 aromatic carbocycles. The van der Waals surface area contributed by atoms with E-state index in [9.17, 15) is 0 Å². The molecule has 0 spiro atoms. The highest BCUT2D eigenvalue weighted by Gasteiger charge is 2.22. The minimum Gasteiger partial charge on any atom is -0.379 e. The van der Waals surface area contributed by atoms with Crippen LogP contribution in [0, 0.1) is 0 Å². The van der Waals surface area contributed by atoms with Crippen molar-refractivity contribution in [1.29, 1.82) is 0 Å². The predicted octanol–water partition coefficient (Wildman–Crippen LogP) is 1.57. The van der Waals surface area contributed by atoms with Crippen LogP contribution in [0.25, 0.3) is 0 Å². The predicted molar refractivity (Wildman–Crippen MR) is 119 cm³/mol. The summed E-state index contributed by atoms with van der Waals surface area (Å²) in [4.78, 5) is 9.78. The number of aromatic nitrogens is 3. The fourth-order valence-electron chi connectivity index (χ4n) is 4.13. The van der Waals surface area contributed by atoms with Gasteiger partial charge in [0.25, 0.3) is 0 Å². The van der Waals surface area contributed by atoms with E-state index in [4.69, 9.17) is 9.73 Å². The van der Waals surface area contributed by atoms with E-state index in [1.165, 1.54) is 11.3 Å². The molecule has 1 N–H and O–H groups in total. The molecule has 162 valence electrons. The van der Waals surface area contributed by atoms with Gasteiger partial charge in [-0.3, -0.25) is 9.89 Å². The quantitative estimate of drug-likeness (QED) is 0.404. The molecule has 2 aromatic rings. The van der Waals surface area contributed by atoms with Crippen LogP contribution in [0.1, 0.15) is 24.7 Å². The summed E-state index contributed by atoms with van der Waals surface area (Å²) in [7, 11) is 0. The highest BCUT2D eigenvalue weighted by molar-refractivity contribution is 5.97. The molecule has 0 radical (unpaired) electrons. The van der Waals surface area contributed by atoms with Crippen LogP contribution in [0.5, 0.6) is 0 Å². The lowest BCUT2D eigenvalue weighted by Crippen LogP contribution is -2.42. The van der Waals surface area contributed by atoms with E-state index in [1.54, 1.807) is 0 Å². The van der Waals surface area contributed by atoms with Crippen molar-refractivity contribution in [2.75, 3.05) is 57.4 Å². The van der Waals surface area contributed by atoms with Crippen LogP contribution in [-0.2, 0) is 24.1 Å². The molecule has 0 bridgehead atoms. The highest BCUT2D eigenvalue weighted by Crippen LogP contribution is 2.27. The van der Waals surface area contributed by atoms with Crippen molar-refractivity contribution in [2.24, 2.45) is 4.99 Å². The Morgan fingerprint density at radius 3 is 2.90 bits per heavy atom. The van der Waals surface area contributed by atoms with Crippen molar-refractivity contribution in [3.8, 4) is 0 Å². The topological polar surface area (TPSA) is 70.8 Å². The van der Waals surface area contributed by atoms with Gasteiger partial charge < -0.3 is 19.5 Å². The Morgan fingerprint density at radius 1 is 1.17 bits per heavy atom. The smallest absolute Gasteiger partial charge is 0.198 e. The SMILES string of the molecule is CCc1nncn1CCNC(=NCCCN1CCOCC1)N1CCc2ccccc21. The third-order valence-corrected chi connectivity index (χ3v) is 5.79. The van der Waals surface area contributed by atoms with Gasteiger partial charge in [-0.2, -0.15) is 0 Å². The summed E-state index contributed by atoms with van der Waals surface area (Å²) in [5.74, 6) is 2.00. The van der Waals surface area contributed by atoms with Crippen molar-refractivity contribution < 1.29 is 4.74 Å². The second-order valence-electron chi connectivity index (χ2n) is 7.76. The van der Waals surface area contributed by atoms with E-state index >= 15 is 0 Å². The van der Waals surface area contributed by atoms with Crippen molar-refractivity contribution in [1.82, 2.24) is 25.0 Å². The summed E-state index contributed by atoms with van der Waals surface area (Å²) in [5, 5.41) is 11.8. The zero-order chi connectivity index (χ0) is 20.6. The average Bonchev–Trinajstić information content (AvgIpc) is 3.43. The first-order chi connectivity index (χ1) is 14.8. The van der Waals surface area contributed by atoms with Crippen LogP contribution < -0.4 is 10.2 Å². The molecule has 2 aliphatic heterocycles. The third-order valence-electron chi connectivity index (χ3n) is 5.79. The van der Waals surface area contributed by atoms with Gasteiger partial charge in [0.05, 0.1) is 13.2 Å². The standard InChI is InChI=1S/C22H33N7O/c1-2-21-26-25-18-28(21)13-10-24-22(23-9-5-11-27-14-16-30-17-15-27)29-12-8-19-6-3-4-7-20(19)29/h3-4,6-7,18H,2,5,8-17H2,1H3,(H,23,24). The van der Waals surface area contributed by atoms with E-state index in [0.29, 0.717) is 0 Å². The Balaban J connectivity index is 1.37. The molecule has 1 saturated heterocycles. The zero-order valence-corrected chi connectivity index (χ0v) is 18.0. The molecule has 0 saturated carbocycles. The molecule has 1 fully saturated rings. The van der Waals surface area contributed by atoms with Crippen molar-refractivity contribution >= 4 is 11.6 Å². The van der Waals surface area contributed by atoms with E-state index < -0.39 is 0 Å². The highest BCUT2D eigenvalue weighted by atomic mass is 16.5. The van der Waals surface area contributed by atoms with E-state index in [1.807, 2.05) is 6.33 Å². The number of hydrogen-bond acceptors (Lipinski definition) is 5. The number of ether oxygens (including phenoxy) is 1. The van der Waals surface area contributed by atoms with Crippen LogP contribution in [0.15, 0.2) is 35.6 Å². The number of guanidine groups is 1. The van der Waals surface area contributed by atoms with E-state index in [2.05, 4.69) is 61.1 Å². The van der Waals surface area contributed by atoms with Crippen LogP contribution in [0.4, 0.5) is 5.69 Å². The second-order valence-corrected chi connectivity index (χ2v) is 7.76. The summed E-state index contributed by atoms with van der Waals surface area (Å²) in [6.45, 7) is 10.4. The molecule has 1 aromatic heterocycles. The summed E-state index contributed by atoms with van der Waals surface area (Å²) in [6.07, 6.45) is 4.83. The summed E-state index contributed by atoms with van der Waals surface area (Å²) < 4.78 is 7.55. The maximum Gasteiger partial charge on any atom is 0.198 e. The summed E-state index contributed by atoms with van der Waals surface area (Å²) in [5.41, 5.74) is 2.67. The number of para-hydroxylation sites is 1. The number of benzene rings is 1. The monoisotopic (exact) mass is 411 g/mol. The maximum absolute atomic E-state index is 5.44. The third kappa shape index (κ3) is 5.17. The Labute approximate surface area is 178 Å². The van der Waals surface area contributed by atoms with Crippen molar-refractivity contribution in [2.45, 2.75) is 32.7 Å². The molecule has 8 heteroatoms. The number of rotatable bonds is 8. The van der Waals surface area contributed by atoms with Crippen molar-refractivity contribution in [3.05, 3.63) is 42.0 Å². The van der Waals surface area contributed by atoms with Gasteiger partial charge in [0.15, 0.2) is 5.96 Å². The lowest BCUT2D eigenvalue weighted by Gasteiger charge is -2.26. The number of hydrogen-bond donors (Lipinski definition) is 1. The van der Waals surface area contributed by atoms with Crippen LogP contribution >= 0.6 is 0 Å². The van der Waals surface area contributed by atoms with Crippen LogP contribution in [-0.4, -0.2) is 78.1 Å². The largest absolute Gasteiger partial charge is 0.379 e. The van der Waals surface area contributed by atoms with Gasteiger partial charge in [0, 0.05) is 57.9 Å². The maximum atomic E-state index is 5.44. The van der Waals surface area contributed by atoms with Gasteiger partial charge in [0.2, 0.25) is 0 Å². The average molecular weight is 412 g/mol. The molecular formula is C22H33N7O. The zero-order valence-electron chi connectivity index (χ0n) is 18.0. The van der Waals surface area contributed by atoms with Gasteiger partial charge in [-0.15, -0.1) is 10.2 Å². The number of fused-ring (bicyclic) bond motifs is 1. The Morgan fingerprint density at radius 2 is 2.03 bits per heavy atom. The fourth-order valence-corrected chi connectivity index (χ4v) is 4.13. The van der Waals surface area contributed by atoms with E-state index in [0.717, 1.165) is 90.1 Å². The summed E-state index contributed by atoms with van der Waals surface area (Å²) >= 11 is 0. The lowest BCUT2D eigenvalue weighted by atomic mass is 10.2. The molecule has 8 nitrogen and oxygen atoms in total. The molecule has 0 amide bonds. The molecule has 3 heterocycles. The fraction of sp³-hybridized carbons (Fsp3) is 0.591. The molecule has 30 heavy (non-hydrogen) atoms. The number of anilines is 1. The Kier molecular flexibility index (Phi) is 7.31. The molecular weight excluding hydrogens is 378 g/mol. The number of aryl methyl sites for hydroxylation is 1.